The number of hydrogen-bond acceptors (Lipinski definition) is 3. The van der Waals surface area contributed by atoms with Gasteiger partial charge in [0.2, 0.25) is 11.8 Å². The van der Waals surface area contributed by atoms with Crippen molar-refractivity contribution in [3.8, 4) is 0 Å². The van der Waals surface area contributed by atoms with Gasteiger partial charge in [0.15, 0.2) is 0 Å². The summed E-state index contributed by atoms with van der Waals surface area (Å²) in [4.78, 5) is 25.5. The molecule has 0 aromatic heterocycles. The van der Waals surface area contributed by atoms with Crippen molar-refractivity contribution in [2.75, 3.05) is 19.6 Å². The van der Waals surface area contributed by atoms with E-state index in [1.54, 1.807) is 6.92 Å². The molecule has 1 aliphatic rings. The van der Waals surface area contributed by atoms with Gasteiger partial charge in [-0.3, -0.25) is 9.59 Å². The predicted octanol–water partition coefficient (Wildman–Crippen LogP) is 1.66. The number of benzene rings is 1. The van der Waals surface area contributed by atoms with Gasteiger partial charge in [-0.1, -0.05) is 30.3 Å². The molecule has 3 N–H and O–H groups in total. The normalized spacial score (nSPS) is 17.8. The first-order chi connectivity index (χ1) is 10.4. The minimum absolute atomic E-state index is 0. The Morgan fingerprint density at radius 2 is 1.83 bits per heavy atom. The van der Waals surface area contributed by atoms with Crippen molar-refractivity contribution in [1.82, 2.24) is 10.2 Å². The van der Waals surface area contributed by atoms with Crippen LogP contribution >= 0.6 is 12.4 Å². The van der Waals surface area contributed by atoms with E-state index in [-0.39, 0.29) is 24.2 Å². The Labute approximate surface area is 144 Å². The van der Waals surface area contributed by atoms with Crippen LogP contribution in [0.3, 0.4) is 0 Å². The van der Waals surface area contributed by atoms with Gasteiger partial charge in [0.1, 0.15) is 5.54 Å². The van der Waals surface area contributed by atoms with Gasteiger partial charge >= 0.3 is 0 Å². The maximum absolute atomic E-state index is 12.7. The van der Waals surface area contributed by atoms with Gasteiger partial charge in [-0.15, -0.1) is 12.4 Å². The minimum Gasteiger partial charge on any atom is -0.356 e. The topological polar surface area (TPSA) is 75.4 Å². The summed E-state index contributed by atoms with van der Waals surface area (Å²) < 4.78 is 0. The monoisotopic (exact) mass is 339 g/mol. The van der Waals surface area contributed by atoms with E-state index in [9.17, 15) is 9.59 Å². The molecule has 6 heteroatoms. The zero-order valence-corrected chi connectivity index (χ0v) is 14.6. The zero-order valence-electron chi connectivity index (χ0n) is 13.7. The standard InChI is InChI=1S/C17H25N3O2.ClH/c1-13(21)19-12-14-8-10-20(11-9-14)16(22)17(2,18)15-6-4-3-5-7-15;/h3-7,14H,8-12,18H2,1-2H3,(H,19,21);1H. The van der Waals surface area contributed by atoms with Crippen LogP contribution in [0.2, 0.25) is 0 Å². The average Bonchev–Trinajstić information content (AvgIpc) is 2.53. The van der Waals surface area contributed by atoms with Crippen molar-refractivity contribution >= 4 is 24.2 Å². The smallest absolute Gasteiger partial charge is 0.246 e. The van der Waals surface area contributed by atoms with Crippen LogP contribution in [0.15, 0.2) is 30.3 Å². The Morgan fingerprint density at radius 1 is 1.26 bits per heavy atom. The molecule has 1 heterocycles. The number of likely N-dealkylation sites (tertiary alicyclic amines) is 1. The summed E-state index contributed by atoms with van der Waals surface area (Å²) in [6, 6.07) is 9.49. The first-order valence-electron chi connectivity index (χ1n) is 7.79. The quantitative estimate of drug-likeness (QED) is 0.876. The number of nitrogens with zero attached hydrogens (tertiary/aromatic N) is 1. The lowest BCUT2D eigenvalue weighted by atomic mass is 9.89. The number of piperidine rings is 1. The Hall–Kier alpha value is -1.59. The molecule has 1 aromatic carbocycles. The van der Waals surface area contributed by atoms with Gasteiger partial charge in [0.25, 0.3) is 0 Å². The van der Waals surface area contributed by atoms with Crippen molar-refractivity contribution in [3.05, 3.63) is 35.9 Å². The van der Waals surface area contributed by atoms with Gasteiger partial charge in [-0.25, -0.2) is 0 Å². The summed E-state index contributed by atoms with van der Waals surface area (Å²) in [5, 5.41) is 2.85. The van der Waals surface area contributed by atoms with Crippen LogP contribution in [0.5, 0.6) is 0 Å². The Bertz CT molecular complexity index is 526. The number of amides is 2. The number of nitrogens with one attached hydrogen (secondary N) is 1. The molecule has 1 unspecified atom stereocenters. The first kappa shape index (κ1) is 19.5. The van der Waals surface area contributed by atoms with Crippen molar-refractivity contribution in [2.24, 2.45) is 11.7 Å². The third kappa shape index (κ3) is 4.94. The van der Waals surface area contributed by atoms with Crippen LogP contribution in [0.25, 0.3) is 0 Å². The number of halogens is 1. The average molecular weight is 340 g/mol. The SMILES string of the molecule is CC(=O)NCC1CCN(C(=O)C(C)(N)c2ccccc2)CC1.Cl. The Kier molecular flexibility index (Phi) is 7.03. The molecule has 1 aliphatic heterocycles. The van der Waals surface area contributed by atoms with Crippen LogP contribution in [0, 0.1) is 5.92 Å². The Balaban J connectivity index is 0.00000264. The fourth-order valence-electron chi connectivity index (χ4n) is 2.86. The summed E-state index contributed by atoms with van der Waals surface area (Å²) in [6.45, 7) is 5.38. The lowest BCUT2D eigenvalue weighted by Crippen LogP contribution is -2.53. The highest BCUT2D eigenvalue weighted by Crippen LogP contribution is 2.24. The lowest BCUT2D eigenvalue weighted by Gasteiger charge is -2.37. The van der Waals surface area contributed by atoms with Crippen LogP contribution < -0.4 is 11.1 Å². The highest BCUT2D eigenvalue weighted by Gasteiger charge is 2.35. The lowest BCUT2D eigenvalue weighted by molar-refractivity contribution is -0.138. The molecule has 1 fully saturated rings. The maximum atomic E-state index is 12.7. The van der Waals surface area contributed by atoms with Crippen molar-refractivity contribution in [2.45, 2.75) is 32.2 Å². The van der Waals surface area contributed by atoms with E-state index >= 15 is 0 Å². The van der Waals surface area contributed by atoms with E-state index in [2.05, 4.69) is 5.32 Å². The second kappa shape index (κ2) is 8.31. The van der Waals surface area contributed by atoms with Crippen LogP contribution in [-0.2, 0) is 15.1 Å². The molecule has 128 valence electrons. The summed E-state index contributed by atoms with van der Waals surface area (Å²) in [6.07, 6.45) is 1.80. The van der Waals surface area contributed by atoms with Gasteiger partial charge in [-0.05, 0) is 31.2 Å². The van der Waals surface area contributed by atoms with E-state index in [1.165, 1.54) is 6.92 Å². The Morgan fingerprint density at radius 3 is 2.35 bits per heavy atom. The summed E-state index contributed by atoms with van der Waals surface area (Å²) >= 11 is 0. The molecular weight excluding hydrogens is 314 g/mol. The molecule has 1 atom stereocenters. The molecule has 5 nitrogen and oxygen atoms in total. The molecule has 0 radical (unpaired) electrons. The van der Waals surface area contributed by atoms with Gasteiger partial charge in [0.05, 0.1) is 0 Å². The van der Waals surface area contributed by atoms with Crippen LogP contribution in [-0.4, -0.2) is 36.3 Å². The van der Waals surface area contributed by atoms with Crippen molar-refractivity contribution in [1.29, 1.82) is 0 Å². The molecule has 1 aromatic rings. The van der Waals surface area contributed by atoms with E-state index in [0.29, 0.717) is 25.6 Å². The molecular formula is C17H26ClN3O2. The summed E-state index contributed by atoms with van der Waals surface area (Å²) in [7, 11) is 0. The third-order valence-corrected chi connectivity index (χ3v) is 4.36. The number of carbonyl (C=O) groups is 2. The fourth-order valence-corrected chi connectivity index (χ4v) is 2.86. The van der Waals surface area contributed by atoms with E-state index in [0.717, 1.165) is 18.4 Å². The molecule has 0 aliphatic carbocycles. The minimum atomic E-state index is -0.994. The van der Waals surface area contributed by atoms with Crippen LogP contribution in [0.1, 0.15) is 32.3 Å². The molecule has 0 saturated carbocycles. The molecule has 0 bridgehead atoms. The number of hydrogen-bond donors (Lipinski definition) is 2. The van der Waals surface area contributed by atoms with Gasteiger partial charge in [-0.2, -0.15) is 0 Å². The molecule has 2 amide bonds. The van der Waals surface area contributed by atoms with Gasteiger partial charge < -0.3 is 16.0 Å². The third-order valence-electron chi connectivity index (χ3n) is 4.36. The highest BCUT2D eigenvalue weighted by atomic mass is 35.5. The molecule has 23 heavy (non-hydrogen) atoms. The number of nitrogens with two attached hydrogens (primary N) is 1. The van der Waals surface area contributed by atoms with E-state index in [1.807, 2.05) is 35.2 Å². The van der Waals surface area contributed by atoms with E-state index < -0.39 is 5.54 Å². The molecule has 1 saturated heterocycles. The fraction of sp³-hybridized carbons (Fsp3) is 0.529. The summed E-state index contributed by atoms with van der Waals surface area (Å²) in [5.41, 5.74) is 6.14. The number of rotatable bonds is 4. The first-order valence-corrected chi connectivity index (χ1v) is 7.79. The van der Waals surface area contributed by atoms with Crippen molar-refractivity contribution < 1.29 is 9.59 Å². The highest BCUT2D eigenvalue weighted by molar-refractivity contribution is 5.87. The zero-order chi connectivity index (χ0) is 16.2. The predicted molar refractivity (Wildman–Crippen MR) is 93.2 cm³/mol. The molecule has 0 spiro atoms. The second-order valence-electron chi connectivity index (χ2n) is 6.24. The summed E-state index contributed by atoms with van der Waals surface area (Å²) in [5.74, 6) is 0.405. The van der Waals surface area contributed by atoms with Gasteiger partial charge in [0, 0.05) is 26.6 Å². The second-order valence-corrected chi connectivity index (χ2v) is 6.24. The van der Waals surface area contributed by atoms with E-state index in [4.69, 9.17) is 5.73 Å². The van der Waals surface area contributed by atoms with Crippen molar-refractivity contribution in [3.63, 3.8) is 0 Å². The molecule has 2 rings (SSSR count). The van der Waals surface area contributed by atoms with Crippen LogP contribution in [0.4, 0.5) is 0 Å². The largest absolute Gasteiger partial charge is 0.356 e. The maximum Gasteiger partial charge on any atom is 0.246 e. The number of carbonyl (C=O) groups excluding carboxylic acids is 2.